The molecule has 1 rings (SSSR count). The molecule has 96 valence electrons. The number of aliphatic hydroxyl groups is 1. The molecule has 1 aliphatic rings. The van der Waals surface area contributed by atoms with Crippen LogP contribution in [0.2, 0.25) is 0 Å². The van der Waals surface area contributed by atoms with E-state index in [0.29, 0.717) is 6.04 Å². The van der Waals surface area contributed by atoms with Gasteiger partial charge in [-0.1, -0.05) is 20.3 Å². The van der Waals surface area contributed by atoms with Crippen molar-refractivity contribution in [1.82, 2.24) is 4.90 Å². The van der Waals surface area contributed by atoms with E-state index < -0.39 is 0 Å². The predicted octanol–water partition coefficient (Wildman–Crippen LogP) is 1.60. The summed E-state index contributed by atoms with van der Waals surface area (Å²) in [5.74, 6) is 0.719. The molecule has 0 amide bonds. The average molecular weight is 228 g/mol. The van der Waals surface area contributed by atoms with Crippen LogP contribution in [0, 0.1) is 5.92 Å². The Labute approximate surface area is 100 Å². The Morgan fingerprint density at radius 2 is 2.12 bits per heavy atom. The fraction of sp³-hybridized carbons (Fsp3) is 1.00. The van der Waals surface area contributed by atoms with Crippen molar-refractivity contribution in [2.45, 2.75) is 64.6 Å². The third-order valence-electron chi connectivity index (χ3n) is 4.15. The van der Waals surface area contributed by atoms with Gasteiger partial charge < -0.3 is 10.8 Å². The smallest absolute Gasteiger partial charge is 0.0602 e. The van der Waals surface area contributed by atoms with Crippen LogP contribution in [0.25, 0.3) is 0 Å². The van der Waals surface area contributed by atoms with Crippen LogP contribution in [-0.2, 0) is 0 Å². The van der Waals surface area contributed by atoms with Crippen molar-refractivity contribution < 1.29 is 5.11 Å². The zero-order valence-electron chi connectivity index (χ0n) is 11.0. The lowest BCUT2D eigenvalue weighted by atomic mass is 9.89. The first-order valence-corrected chi connectivity index (χ1v) is 6.74. The number of piperidine rings is 1. The lowest BCUT2D eigenvalue weighted by Crippen LogP contribution is -2.56. The van der Waals surface area contributed by atoms with Crippen molar-refractivity contribution in [1.29, 1.82) is 0 Å². The van der Waals surface area contributed by atoms with E-state index in [1.807, 2.05) is 0 Å². The lowest BCUT2D eigenvalue weighted by molar-refractivity contribution is 0.0251. The Kier molecular flexibility index (Phi) is 5.73. The van der Waals surface area contributed by atoms with Crippen molar-refractivity contribution in [3.05, 3.63) is 0 Å². The largest absolute Gasteiger partial charge is 0.395 e. The Hall–Kier alpha value is -0.120. The van der Waals surface area contributed by atoms with Gasteiger partial charge in [0.2, 0.25) is 0 Å². The summed E-state index contributed by atoms with van der Waals surface area (Å²) >= 11 is 0. The van der Waals surface area contributed by atoms with Crippen molar-refractivity contribution in [2.75, 3.05) is 13.2 Å². The van der Waals surface area contributed by atoms with Gasteiger partial charge in [0, 0.05) is 18.1 Å². The molecule has 1 saturated heterocycles. The van der Waals surface area contributed by atoms with Crippen LogP contribution in [0.3, 0.4) is 0 Å². The minimum absolute atomic E-state index is 0.114. The average Bonchev–Trinajstić information content (AvgIpc) is 2.25. The molecule has 0 spiro atoms. The van der Waals surface area contributed by atoms with Crippen LogP contribution in [0.15, 0.2) is 0 Å². The molecule has 1 heterocycles. The van der Waals surface area contributed by atoms with E-state index in [0.717, 1.165) is 25.3 Å². The number of likely N-dealkylation sites (tertiary alicyclic amines) is 1. The van der Waals surface area contributed by atoms with Crippen LogP contribution in [0.1, 0.15) is 46.5 Å². The Morgan fingerprint density at radius 1 is 1.44 bits per heavy atom. The maximum atomic E-state index is 9.56. The van der Waals surface area contributed by atoms with Crippen LogP contribution in [0.4, 0.5) is 0 Å². The van der Waals surface area contributed by atoms with E-state index in [2.05, 4.69) is 25.7 Å². The summed E-state index contributed by atoms with van der Waals surface area (Å²) < 4.78 is 0. The number of hydrogen-bond donors (Lipinski definition) is 2. The molecule has 16 heavy (non-hydrogen) atoms. The Bertz CT molecular complexity index is 198. The number of nitrogens with two attached hydrogens (primary N) is 1. The maximum absolute atomic E-state index is 9.56. The second-order valence-electron chi connectivity index (χ2n) is 5.30. The normalized spacial score (nSPS) is 31.3. The van der Waals surface area contributed by atoms with E-state index >= 15 is 0 Å². The van der Waals surface area contributed by atoms with Gasteiger partial charge in [0.15, 0.2) is 0 Å². The molecule has 0 saturated carbocycles. The molecule has 0 aliphatic carbocycles. The zero-order valence-corrected chi connectivity index (χ0v) is 11.0. The lowest BCUT2D eigenvalue weighted by Gasteiger charge is -2.44. The zero-order chi connectivity index (χ0) is 12.1. The standard InChI is InChI=1S/C13H28N2O/c1-4-6-12(14)13(9-16)15-8-5-7-10(2)11(15)3/h10-13,16H,4-9,14H2,1-3H3. The van der Waals surface area contributed by atoms with Gasteiger partial charge in [0.1, 0.15) is 0 Å². The van der Waals surface area contributed by atoms with Gasteiger partial charge in [0.05, 0.1) is 6.61 Å². The molecule has 0 aromatic carbocycles. The number of rotatable bonds is 5. The number of nitrogens with zero attached hydrogens (tertiary/aromatic N) is 1. The molecule has 3 N–H and O–H groups in total. The first-order chi connectivity index (χ1) is 7.61. The van der Waals surface area contributed by atoms with Crippen molar-refractivity contribution in [2.24, 2.45) is 11.7 Å². The van der Waals surface area contributed by atoms with Gasteiger partial charge in [-0.15, -0.1) is 0 Å². The van der Waals surface area contributed by atoms with Gasteiger partial charge in [-0.25, -0.2) is 0 Å². The quantitative estimate of drug-likeness (QED) is 0.751. The maximum Gasteiger partial charge on any atom is 0.0602 e. The van der Waals surface area contributed by atoms with Gasteiger partial charge in [-0.2, -0.15) is 0 Å². The molecule has 0 aromatic heterocycles. The third kappa shape index (κ3) is 3.19. The van der Waals surface area contributed by atoms with Gasteiger partial charge >= 0.3 is 0 Å². The molecule has 1 aliphatic heterocycles. The van der Waals surface area contributed by atoms with Crippen molar-refractivity contribution in [3.63, 3.8) is 0 Å². The molecule has 0 aromatic rings. The van der Waals surface area contributed by atoms with Gasteiger partial charge in [-0.05, 0) is 38.6 Å². The number of hydrogen-bond acceptors (Lipinski definition) is 3. The highest BCUT2D eigenvalue weighted by Gasteiger charge is 2.32. The highest BCUT2D eigenvalue weighted by molar-refractivity contribution is 4.88. The van der Waals surface area contributed by atoms with E-state index in [-0.39, 0.29) is 18.7 Å². The third-order valence-corrected chi connectivity index (χ3v) is 4.15. The van der Waals surface area contributed by atoms with Crippen molar-refractivity contribution in [3.8, 4) is 0 Å². The summed E-state index contributed by atoms with van der Waals surface area (Å²) in [5.41, 5.74) is 6.18. The fourth-order valence-electron chi connectivity index (χ4n) is 2.85. The van der Waals surface area contributed by atoms with E-state index in [4.69, 9.17) is 5.73 Å². The van der Waals surface area contributed by atoms with Crippen LogP contribution < -0.4 is 5.73 Å². The number of aliphatic hydroxyl groups excluding tert-OH is 1. The second kappa shape index (κ2) is 6.58. The summed E-state index contributed by atoms with van der Waals surface area (Å²) in [5, 5.41) is 9.56. The summed E-state index contributed by atoms with van der Waals surface area (Å²) in [4.78, 5) is 2.43. The van der Waals surface area contributed by atoms with Crippen LogP contribution >= 0.6 is 0 Å². The minimum atomic E-state index is 0.114. The SMILES string of the molecule is CCCC(N)C(CO)N1CCCC(C)C1C. The Morgan fingerprint density at radius 3 is 2.69 bits per heavy atom. The predicted molar refractivity (Wildman–Crippen MR) is 68.3 cm³/mol. The molecule has 4 unspecified atom stereocenters. The summed E-state index contributed by atoms with van der Waals surface area (Å²) in [6.45, 7) is 8.00. The summed E-state index contributed by atoms with van der Waals surface area (Å²) in [7, 11) is 0. The molecule has 0 radical (unpaired) electrons. The first kappa shape index (κ1) is 13.9. The van der Waals surface area contributed by atoms with E-state index in [1.165, 1.54) is 12.8 Å². The molecule has 0 bridgehead atoms. The molecule has 1 fully saturated rings. The molecular weight excluding hydrogens is 200 g/mol. The minimum Gasteiger partial charge on any atom is -0.395 e. The fourth-order valence-corrected chi connectivity index (χ4v) is 2.85. The highest BCUT2D eigenvalue weighted by atomic mass is 16.3. The highest BCUT2D eigenvalue weighted by Crippen LogP contribution is 2.25. The van der Waals surface area contributed by atoms with E-state index in [1.54, 1.807) is 0 Å². The molecule has 4 atom stereocenters. The molecule has 3 heteroatoms. The molecular formula is C13H28N2O. The van der Waals surface area contributed by atoms with Gasteiger partial charge in [0.25, 0.3) is 0 Å². The monoisotopic (exact) mass is 228 g/mol. The van der Waals surface area contributed by atoms with E-state index in [9.17, 15) is 5.11 Å². The second-order valence-corrected chi connectivity index (χ2v) is 5.30. The summed E-state index contributed by atoms with van der Waals surface area (Å²) in [6.07, 6.45) is 4.64. The molecule has 3 nitrogen and oxygen atoms in total. The topological polar surface area (TPSA) is 49.5 Å². The Balaban J connectivity index is 2.63. The van der Waals surface area contributed by atoms with Crippen molar-refractivity contribution >= 4 is 0 Å². The summed E-state index contributed by atoms with van der Waals surface area (Å²) in [6, 6.07) is 0.814. The van der Waals surface area contributed by atoms with Crippen LogP contribution in [-0.4, -0.2) is 41.3 Å². The first-order valence-electron chi connectivity index (χ1n) is 6.74. The van der Waals surface area contributed by atoms with Crippen LogP contribution in [0.5, 0.6) is 0 Å². The van der Waals surface area contributed by atoms with Gasteiger partial charge in [-0.3, -0.25) is 4.90 Å².